The first-order valence-electron chi connectivity index (χ1n) is 7.91. The van der Waals surface area contributed by atoms with Gasteiger partial charge in [0.25, 0.3) is 5.91 Å². The average Bonchev–Trinajstić information content (AvgIpc) is 3.01. The van der Waals surface area contributed by atoms with E-state index in [-0.39, 0.29) is 25.3 Å². The highest BCUT2D eigenvalue weighted by molar-refractivity contribution is 5.85. The molecule has 1 unspecified atom stereocenters. The molecule has 0 bridgehead atoms. The van der Waals surface area contributed by atoms with E-state index < -0.39 is 17.4 Å². The van der Waals surface area contributed by atoms with Gasteiger partial charge in [0.2, 0.25) is 0 Å². The van der Waals surface area contributed by atoms with Gasteiger partial charge in [-0.25, -0.2) is 0 Å². The van der Waals surface area contributed by atoms with Crippen molar-refractivity contribution in [2.45, 2.75) is 43.1 Å². The Morgan fingerprint density at radius 3 is 2.52 bits per heavy atom. The third-order valence-electron chi connectivity index (χ3n) is 5.10. The van der Waals surface area contributed by atoms with Gasteiger partial charge in [-0.1, -0.05) is 12.1 Å². The van der Waals surface area contributed by atoms with Crippen LogP contribution in [0, 0.1) is 0 Å². The molecule has 0 aromatic heterocycles. The van der Waals surface area contributed by atoms with E-state index in [1.54, 1.807) is 7.11 Å². The normalized spacial score (nSPS) is 23.5. The van der Waals surface area contributed by atoms with Crippen LogP contribution in [-0.4, -0.2) is 47.6 Å². The van der Waals surface area contributed by atoms with Gasteiger partial charge in [-0.15, -0.1) is 0 Å². The minimum atomic E-state index is -3.69. The van der Waals surface area contributed by atoms with Crippen LogP contribution in [0.5, 0.6) is 5.75 Å². The molecule has 1 N–H and O–H groups in total. The fourth-order valence-corrected chi connectivity index (χ4v) is 3.32. The van der Waals surface area contributed by atoms with Crippen molar-refractivity contribution in [3.05, 3.63) is 29.8 Å². The van der Waals surface area contributed by atoms with Crippen LogP contribution in [0.25, 0.3) is 0 Å². The van der Waals surface area contributed by atoms with Gasteiger partial charge in [0.15, 0.2) is 0 Å². The summed E-state index contributed by atoms with van der Waals surface area (Å²) in [4.78, 5) is 13.4. The molecule has 1 aromatic carbocycles. The monoisotopic (exact) mass is 325 g/mol. The van der Waals surface area contributed by atoms with Crippen molar-refractivity contribution in [3.8, 4) is 5.75 Å². The van der Waals surface area contributed by atoms with E-state index in [4.69, 9.17) is 4.74 Å². The Bertz CT molecular complexity index is 584. The Hall–Kier alpha value is -1.69. The molecule has 3 rings (SSSR count). The number of amides is 1. The molecule has 1 saturated carbocycles. The van der Waals surface area contributed by atoms with E-state index in [1.807, 2.05) is 24.3 Å². The third kappa shape index (κ3) is 2.69. The number of halogens is 2. The predicted molar refractivity (Wildman–Crippen MR) is 80.7 cm³/mol. The Labute approximate surface area is 134 Å². The van der Waals surface area contributed by atoms with E-state index in [1.165, 1.54) is 4.90 Å². The zero-order valence-electron chi connectivity index (χ0n) is 13.1. The van der Waals surface area contributed by atoms with Crippen LogP contribution in [0.15, 0.2) is 24.3 Å². The molecule has 1 heterocycles. The topological polar surface area (TPSA) is 49.8 Å². The summed E-state index contributed by atoms with van der Waals surface area (Å²) < 4.78 is 33.6. The first kappa shape index (κ1) is 16.2. The number of alkyl halides is 2. The Morgan fingerprint density at radius 2 is 2.00 bits per heavy atom. The van der Waals surface area contributed by atoms with E-state index in [9.17, 15) is 18.7 Å². The molecule has 0 radical (unpaired) electrons. The summed E-state index contributed by atoms with van der Waals surface area (Å²) in [6.07, 6.45) is 1.16. The number of nitrogens with zero attached hydrogens (tertiary/aromatic N) is 1. The maximum absolute atomic E-state index is 14.3. The summed E-state index contributed by atoms with van der Waals surface area (Å²) in [6, 6.07) is 7.45. The molecule has 0 spiro atoms. The Balaban J connectivity index is 1.68. The zero-order chi connectivity index (χ0) is 16.7. The number of aliphatic hydroxyl groups is 1. The quantitative estimate of drug-likeness (QED) is 0.925. The lowest BCUT2D eigenvalue weighted by atomic mass is 9.75. The van der Waals surface area contributed by atoms with Gasteiger partial charge in [-0.2, -0.15) is 8.78 Å². The van der Waals surface area contributed by atoms with E-state index in [2.05, 4.69) is 0 Å². The molecule has 1 aliphatic carbocycles. The summed E-state index contributed by atoms with van der Waals surface area (Å²) in [5.74, 6) is -4.16. The molecular formula is C17H21F2NO3. The molecule has 23 heavy (non-hydrogen) atoms. The van der Waals surface area contributed by atoms with Crippen molar-refractivity contribution in [2.75, 3.05) is 20.2 Å². The number of methoxy groups -OCH3 is 1. The molecular weight excluding hydrogens is 304 g/mol. The molecule has 6 heteroatoms. The zero-order valence-corrected chi connectivity index (χ0v) is 13.1. The molecule has 4 nitrogen and oxygen atoms in total. The van der Waals surface area contributed by atoms with E-state index in [0.29, 0.717) is 19.4 Å². The number of ether oxygens (including phenoxy) is 1. The molecule has 1 saturated heterocycles. The molecule has 1 amide bonds. The fraction of sp³-hybridized carbons (Fsp3) is 0.588. The van der Waals surface area contributed by atoms with Crippen molar-refractivity contribution < 1.29 is 23.4 Å². The number of rotatable bonds is 4. The summed E-state index contributed by atoms with van der Waals surface area (Å²) >= 11 is 0. The number of benzene rings is 1. The largest absolute Gasteiger partial charge is 0.497 e. The standard InChI is InChI=1S/C17H21F2NO3/c1-23-14-5-3-12(4-6-14)13-7-10-20(11-13)15(21)17(18,19)16(22)8-2-9-16/h3-6,13,22H,2,7-11H2,1H3. The molecule has 2 fully saturated rings. The van der Waals surface area contributed by atoms with Crippen LogP contribution in [-0.2, 0) is 4.79 Å². The first-order chi connectivity index (χ1) is 10.9. The van der Waals surface area contributed by atoms with Gasteiger partial charge in [0.05, 0.1) is 7.11 Å². The van der Waals surface area contributed by atoms with Crippen LogP contribution < -0.4 is 4.74 Å². The fourth-order valence-electron chi connectivity index (χ4n) is 3.32. The number of likely N-dealkylation sites (tertiary alicyclic amines) is 1. The summed E-state index contributed by atoms with van der Waals surface area (Å²) in [5, 5.41) is 9.90. The van der Waals surface area contributed by atoms with Gasteiger partial charge < -0.3 is 14.7 Å². The lowest BCUT2D eigenvalue weighted by Crippen LogP contribution is -2.61. The average molecular weight is 325 g/mol. The van der Waals surface area contributed by atoms with E-state index >= 15 is 0 Å². The molecule has 1 aliphatic heterocycles. The van der Waals surface area contributed by atoms with Crippen LogP contribution in [0.3, 0.4) is 0 Å². The lowest BCUT2D eigenvalue weighted by Gasteiger charge is -2.42. The number of carbonyl (C=O) groups excluding carboxylic acids is 1. The van der Waals surface area contributed by atoms with Crippen LogP contribution >= 0.6 is 0 Å². The minimum absolute atomic E-state index is 0.0124. The maximum Gasteiger partial charge on any atom is 0.352 e. The second-order valence-corrected chi connectivity index (χ2v) is 6.47. The molecule has 1 atom stereocenters. The lowest BCUT2D eigenvalue weighted by molar-refractivity contribution is -0.222. The molecule has 2 aliphatic rings. The van der Waals surface area contributed by atoms with Crippen molar-refractivity contribution in [3.63, 3.8) is 0 Å². The smallest absolute Gasteiger partial charge is 0.352 e. The van der Waals surface area contributed by atoms with Crippen molar-refractivity contribution in [1.82, 2.24) is 4.90 Å². The SMILES string of the molecule is COc1ccc(C2CCN(C(=O)C(F)(F)C3(O)CCC3)C2)cc1. The third-order valence-corrected chi connectivity index (χ3v) is 5.10. The highest BCUT2D eigenvalue weighted by atomic mass is 19.3. The Morgan fingerprint density at radius 1 is 1.35 bits per heavy atom. The second-order valence-electron chi connectivity index (χ2n) is 6.47. The van der Waals surface area contributed by atoms with Crippen molar-refractivity contribution >= 4 is 5.91 Å². The van der Waals surface area contributed by atoms with Crippen molar-refractivity contribution in [2.24, 2.45) is 0 Å². The molecule has 1 aromatic rings. The second kappa shape index (κ2) is 5.74. The van der Waals surface area contributed by atoms with Gasteiger partial charge in [0, 0.05) is 19.0 Å². The minimum Gasteiger partial charge on any atom is -0.497 e. The Kier molecular flexibility index (Phi) is 4.04. The highest BCUT2D eigenvalue weighted by Crippen LogP contribution is 2.45. The van der Waals surface area contributed by atoms with Crippen molar-refractivity contribution in [1.29, 1.82) is 0 Å². The van der Waals surface area contributed by atoms with Crippen LogP contribution in [0.1, 0.15) is 37.2 Å². The van der Waals surface area contributed by atoms with E-state index in [0.717, 1.165) is 11.3 Å². The van der Waals surface area contributed by atoms with Crippen LogP contribution in [0.2, 0.25) is 0 Å². The van der Waals surface area contributed by atoms with Gasteiger partial charge in [0.1, 0.15) is 11.4 Å². The van der Waals surface area contributed by atoms with Gasteiger partial charge in [-0.3, -0.25) is 4.79 Å². The first-order valence-corrected chi connectivity index (χ1v) is 7.91. The predicted octanol–water partition coefficient (Wildman–Crippen LogP) is 2.56. The van der Waals surface area contributed by atoms with Crippen LogP contribution in [0.4, 0.5) is 8.78 Å². The summed E-state index contributed by atoms with van der Waals surface area (Å²) in [7, 11) is 1.58. The summed E-state index contributed by atoms with van der Waals surface area (Å²) in [6.45, 7) is 0.554. The van der Waals surface area contributed by atoms with Gasteiger partial charge >= 0.3 is 5.92 Å². The van der Waals surface area contributed by atoms with Gasteiger partial charge in [-0.05, 0) is 43.4 Å². The molecule has 126 valence electrons. The highest BCUT2D eigenvalue weighted by Gasteiger charge is 2.62. The number of hydrogen-bond donors (Lipinski definition) is 1. The maximum atomic E-state index is 14.3. The summed E-state index contributed by atoms with van der Waals surface area (Å²) in [5.41, 5.74) is -1.14. The number of carbonyl (C=O) groups is 1. The number of hydrogen-bond acceptors (Lipinski definition) is 3.